The number of nitrogens with two attached hydrogens (primary N) is 2. The minimum absolute atomic E-state index is 0.0171. The molecule has 1 rings (SSSR count). The van der Waals surface area contributed by atoms with Gasteiger partial charge in [-0.05, 0) is 54.9 Å². The van der Waals surface area contributed by atoms with Gasteiger partial charge in [-0.25, -0.2) is 4.79 Å². The molecule has 0 aliphatic rings. The van der Waals surface area contributed by atoms with Crippen molar-refractivity contribution < 1.29 is 78.0 Å². The topological polar surface area (TPSA) is 446 Å². The number of hydrogen-bond acceptors (Lipinski definition) is 15. The standard InChI is InChI=1S/C50H81N11O16/c1-9-28(8)41(50(76)77)60-38(65)22-53-43(69)35(21-29-13-11-10-12-14-29)58-49(75)40(27(6)7)61-47(73)34(20-26(4)5)56-44(70)31(15-17-37(52)64)55-46(72)33(19-25(2)3)57-48(74)36(24-63)59-45(71)32(16-18-39(66)67)54-42(68)30(51)23-62/h10-14,25-28,30-36,40-41,62-63H,9,15-24,51H2,1-8H3,(H2,52,64)(H,53,69)(H,54,68)(H,55,72)(H,56,70)(H,57,74)(H,58,75)(H,59,71)(H,60,65)(H,61,73)(H,66,67)(H,76,77)/t28-,30-,31-,32-,33-,34-,35-,36-,40-,41-/m0/s1. The fraction of sp³-hybridized carbons (Fsp3) is 0.640. The number of hydrogen-bond donors (Lipinski definition) is 15. The lowest BCUT2D eigenvalue weighted by molar-refractivity contribution is -0.143. The van der Waals surface area contributed by atoms with E-state index in [1.54, 1.807) is 85.7 Å². The first-order valence-corrected chi connectivity index (χ1v) is 25.5. The molecule has 0 aliphatic carbocycles. The summed E-state index contributed by atoms with van der Waals surface area (Å²) in [6.07, 6.45) is -1.66. The molecule has 27 heteroatoms. The second kappa shape index (κ2) is 34.4. The van der Waals surface area contributed by atoms with Gasteiger partial charge < -0.3 is 79.7 Å². The number of primary amides is 1. The van der Waals surface area contributed by atoms with Gasteiger partial charge in [0.15, 0.2) is 0 Å². The number of aliphatic hydroxyl groups excluding tert-OH is 2. The average Bonchev–Trinajstić information content (AvgIpc) is 3.36. The second-order valence-electron chi connectivity index (χ2n) is 19.9. The van der Waals surface area contributed by atoms with Crippen LogP contribution in [0.1, 0.15) is 106 Å². The van der Waals surface area contributed by atoms with Crippen LogP contribution < -0.4 is 59.3 Å². The van der Waals surface area contributed by atoms with Crippen LogP contribution in [-0.2, 0) is 64.0 Å². The Balaban J connectivity index is 3.43. The summed E-state index contributed by atoms with van der Waals surface area (Å²) >= 11 is 0. The summed E-state index contributed by atoms with van der Waals surface area (Å²) in [7, 11) is 0. The molecule has 0 bridgehead atoms. The lowest BCUT2D eigenvalue weighted by Crippen LogP contribution is -2.61. The van der Waals surface area contributed by atoms with E-state index >= 15 is 0 Å². The molecule has 27 nitrogen and oxygen atoms in total. The quantitative estimate of drug-likeness (QED) is 0.0311. The van der Waals surface area contributed by atoms with E-state index in [0.717, 1.165) is 0 Å². The molecule has 0 fully saturated rings. The largest absolute Gasteiger partial charge is 0.481 e. The zero-order valence-corrected chi connectivity index (χ0v) is 45.0. The van der Waals surface area contributed by atoms with Crippen LogP contribution in [0.3, 0.4) is 0 Å². The normalized spacial score (nSPS) is 15.1. The number of carbonyl (C=O) groups excluding carboxylic acids is 10. The van der Waals surface area contributed by atoms with Crippen molar-refractivity contribution in [2.75, 3.05) is 19.8 Å². The van der Waals surface area contributed by atoms with E-state index < -0.39 is 183 Å². The van der Waals surface area contributed by atoms with Gasteiger partial charge >= 0.3 is 11.9 Å². The summed E-state index contributed by atoms with van der Waals surface area (Å²) in [5, 5.41) is 60.2. The SMILES string of the molecule is CC[C@H](C)[C@H](NC(=O)CNC(=O)[C@H](Cc1ccccc1)NC(=O)[C@@H](NC(=O)[C@H](CC(C)C)NC(=O)[C@H](CCC(N)=O)NC(=O)[C@H](CC(C)C)NC(=O)[C@H](CO)NC(=O)[C@H](CCC(=O)O)NC(=O)[C@@H](N)CO)C(C)C)C(=O)O. The number of amides is 10. The molecular weight excluding hydrogens is 1010 g/mol. The highest BCUT2D eigenvalue weighted by atomic mass is 16.4. The Morgan fingerprint density at radius 2 is 0.974 bits per heavy atom. The molecule has 17 N–H and O–H groups in total. The molecule has 0 spiro atoms. The van der Waals surface area contributed by atoms with E-state index in [9.17, 15) is 78.0 Å². The van der Waals surface area contributed by atoms with Crippen LogP contribution in [0, 0.1) is 23.7 Å². The number of aliphatic hydroxyl groups is 2. The molecular formula is C50H81N11O16. The minimum Gasteiger partial charge on any atom is -0.481 e. The van der Waals surface area contributed by atoms with Gasteiger partial charge in [0.2, 0.25) is 59.1 Å². The molecule has 0 unspecified atom stereocenters. The number of carbonyl (C=O) groups is 12. The van der Waals surface area contributed by atoms with E-state index in [4.69, 9.17) is 11.5 Å². The lowest BCUT2D eigenvalue weighted by atomic mass is 9.98. The van der Waals surface area contributed by atoms with E-state index in [0.29, 0.717) is 12.0 Å². The molecule has 432 valence electrons. The van der Waals surface area contributed by atoms with Gasteiger partial charge in [0.1, 0.15) is 54.4 Å². The molecule has 0 heterocycles. The summed E-state index contributed by atoms with van der Waals surface area (Å²) in [5.41, 5.74) is 11.5. The number of benzene rings is 1. The second-order valence-corrected chi connectivity index (χ2v) is 19.9. The van der Waals surface area contributed by atoms with Gasteiger partial charge in [-0.2, -0.15) is 0 Å². The summed E-state index contributed by atoms with van der Waals surface area (Å²) in [5.74, 6) is -13.5. The molecule has 10 amide bonds. The maximum atomic E-state index is 14.2. The predicted octanol–water partition coefficient (Wildman–Crippen LogP) is -3.46. The Hall–Kier alpha value is -7.26. The Morgan fingerprint density at radius 1 is 0.519 bits per heavy atom. The van der Waals surface area contributed by atoms with Gasteiger partial charge in [-0.3, -0.25) is 52.7 Å². The molecule has 0 saturated heterocycles. The van der Waals surface area contributed by atoms with Crippen molar-refractivity contribution in [2.45, 2.75) is 161 Å². The highest BCUT2D eigenvalue weighted by Gasteiger charge is 2.36. The lowest BCUT2D eigenvalue weighted by Gasteiger charge is -2.29. The van der Waals surface area contributed by atoms with Gasteiger partial charge in [0, 0.05) is 19.3 Å². The molecule has 1 aromatic carbocycles. The molecule has 0 aliphatic heterocycles. The fourth-order valence-electron chi connectivity index (χ4n) is 7.45. The van der Waals surface area contributed by atoms with E-state index in [1.807, 2.05) is 0 Å². The van der Waals surface area contributed by atoms with Crippen molar-refractivity contribution in [3.63, 3.8) is 0 Å². The Bertz CT molecular complexity index is 2180. The average molecular weight is 1090 g/mol. The number of carboxylic acids is 2. The number of carboxylic acid groups (broad SMARTS) is 2. The number of nitrogens with one attached hydrogen (secondary N) is 9. The molecule has 1 aromatic rings. The maximum absolute atomic E-state index is 14.2. The van der Waals surface area contributed by atoms with Gasteiger partial charge in [0.05, 0.1) is 19.8 Å². The van der Waals surface area contributed by atoms with E-state index in [2.05, 4.69) is 47.9 Å². The van der Waals surface area contributed by atoms with Crippen molar-refractivity contribution in [1.82, 2.24) is 47.9 Å². The molecule has 0 aromatic heterocycles. The van der Waals surface area contributed by atoms with Crippen molar-refractivity contribution in [3.05, 3.63) is 35.9 Å². The van der Waals surface area contributed by atoms with Crippen molar-refractivity contribution in [1.29, 1.82) is 0 Å². The monoisotopic (exact) mass is 1090 g/mol. The van der Waals surface area contributed by atoms with Crippen LogP contribution in [0.2, 0.25) is 0 Å². The van der Waals surface area contributed by atoms with Crippen LogP contribution in [0.15, 0.2) is 30.3 Å². The predicted molar refractivity (Wildman–Crippen MR) is 277 cm³/mol. The Kier molecular flexibility index (Phi) is 30.3. The number of aliphatic carboxylic acids is 2. The van der Waals surface area contributed by atoms with Crippen molar-refractivity contribution >= 4 is 71.0 Å². The highest BCUT2D eigenvalue weighted by Crippen LogP contribution is 2.13. The fourth-order valence-corrected chi connectivity index (χ4v) is 7.45. The van der Waals surface area contributed by atoms with Crippen LogP contribution in [0.5, 0.6) is 0 Å². The first-order chi connectivity index (χ1) is 36.0. The highest BCUT2D eigenvalue weighted by molar-refractivity contribution is 5.98. The third-order valence-corrected chi connectivity index (χ3v) is 12.0. The van der Waals surface area contributed by atoms with E-state index in [1.165, 1.54) is 0 Å². The summed E-state index contributed by atoms with van der Waals surface area (Å²) in [6.45, 7) is 11.0. The number of rotatable bonds is 36. The summed E-state index contributed by atoms with van der Waals surface area (Å²) < 4.78 is 0. The molecule has 10 atom stereocenters. The molecule has 77 heavy (non-hydrogen) atoms. The smallest absolute Gasteiger partial charge is 0.326 e. The first kappa shape index (κ1) is 67.8. The van der Waals surface area contributed by atoms with Crippen LogP contribution in [0.4, 0.5) is 0 Å². The van der Waals surface area contributed by atoms with Crippen LogP contribution in [-0.4, -0.2) is 166 Å². The Morgan fingerprint density at radius 3 is 1.43 bits per heavy atom. The third kappa shape index (κ3) is 25.4. The van der Waals surface area contributed by atoms with E-state index in [-0.39, 0.29) is 31.1 Å². The van der Waals surface area contributed by atoms with Crippen LogP contribution in [0.25, 0.3) is 0 Å². The third-order valence-electron chi connectivity index (χ3n) is 12.0. The Labute approximate surface area is 447 Å². The maximum Gasteiger partial charge on any atom is 0.326 e. The zero-order chi connectivity index (χ0) is 58.7. The van der Waals surface area contributed by atoms with Gasteiger partial charge in [-0.15, -0.1) is 0 Å². The molecule has 0 radical (unpaired) electrons. The summed E-state index contributed by atoms with van der Waals surface area (Å²) in [6, 6.07) is -4.55. The van der Waals surface area contributed by atoms with Crippen LogP contribution >= 0.6 is 0 Å². The van der Waals surface area contributed by atoms with Gasteiger partial charge in [0.25, 0.3) is 0 Å². The molecule has 0 saturated carbocycles. The van der Waals surface area contributed by atoms with Crippen molar-refractivity contribution in [2.24, 2.45) is 35.1 Å². The van der Waals surface area contributed by atoms with Gasteiger partial charge in [-0.1, -0.05) is 92.1 Å². The minimum atomic E-state index is -1.78. The zero-order valence-electron chi connectivity index (χ0n) is 45.0. The summed E-state index contributed by atoms with van der Waals surface area (Å²) in [4.78, 5) is 157. The van der Waals surface area contributed by atoms with Crippen molar-refractivity contribution in [3.8, 4) is 0 Å². The first-order valence-electron chi connectivity index (χ1n) is 25.5.